The van der Waals surface area contributed by atoms with Crippen molar-refractivity contribution in [3.8, 4) is 0 Å². The Bertz CT molecular complexity index is 1140. The Morgan fingerprint density at radius 3 is 2.86 bits per heavy atom. The van der Waals surface area contributed by atoms with Gasteiger partial charge in [-0.2, -0.15) is 0 Å². The monoisotopic (exact) mass is 580 g/mol. The molecule has 0 saturated carbocycles. The smallest absolute Gasteiger partial charge is 0.338 e. The molecule has 3 atom stereocenters. The Labute approximate surface area is 222 Å². The normalized spacial score (nSPS) is 20.5. The summed E-state index contributed by atoms with van der Waals surface area (Å²) in [6.07, 6.45) is 1.50. The Hall–Kier alpha value is -2.18. The highest BCUT2D eigenvalue weighted by Gasteiger charge is 2.42. The van der Waals surface area contributed by atoms with Crippen molar-refractivity contribution in [3.05, 3.63) is 61.9 Å². The zero-order valence-corrected chi connectivity index (χ0v) is 22.9. The van der Waals surface area contributed by atoms with E-state index in [0.717, 1.165) is 10.7 Å². The van der Waals surface area contributed by atoms with Crippen LogP contribution in [0.1, 0.15) is 36.9 Å². The number of nitrogens with zero attached hydrogens (tertiary/aromatic N) is 4. The van der Waals surface area contributed by atoms with Gasteiger partial charge < -0.3 is 24.4 Å². The molecule has 1 fully saturated rings. The van der Waals surface area contributed by atoms with Crippen molar-refractivity contribution in [1.29, 1.82) is 0 Å². The van der Waals surface area contributed by atoms with Crippen LogP contribution in [0.3, 0.4) is 0 Å². The van der Waals surface area contributed by atoms with Gasteiger partial charge in [0.05, 0.1) is 12.2 Å². The molecule has 36 heavy (non-hydrogen) atoms. The van der Waals surface area contributed by atoms with Gasteiger partial charge in [-0.15, -0.1) is 11.3 Å². The van der Waals surface area contributed by atoms with E-state index in [0.29, 0.717) is 54.1 Å². The molecule has 3 heterocycles. The SMILES string of the molecule is CCOC(=O)C1=C2C[C@@H](CN(C)CC(O)OCC)CN2C(c2nccs2)=N[C@H]1c1ccc(F)cc1Br. The van der Waals surface area contributed by atoms with E-state index in [1.807, 2.05) is 24.3 Å². The molecular formula is C25H30BrFN4O4S. The number of aromatic nitrogens is 1. The number of rotatable bonds is 10. The fraction of sp³-hybridized carbons (Fsp3) is 0.480. The summed E-state index contributed by atoms with van der Waals surface area (Å²) in [4.78, 5) is 26.9. The molecule has 4 rings (SSSR count). The van der Waals surface area contributed by atoms with Gasteiger partial charge in [-0.3, -0.25) is 4.99 Å². The number of aliphatic imine (C=N–C) groups is 1. The quantitative estimate of drug-likeness (QED) is 0.336. The highest BCUT2D eigenvalue weighted by molar-refractivity contribution is 9.10. The van der Waals surface area contributed by atoms with Gasteiger partial charge >= 0.3 is 5.97 Å². The number of esters is 1. The number of allylic oxidation sites excluding steroid dienone is 1. The Morgan fingerprint density at radius 2 is 2.19 bits per heavy atom. The summed E-state index contributed by atoms with van der Waals surface area (Å²) in [5.74, 6) is 0.0507. The predicted octanol–water partition coefficient (Wildman–Crippen LogP) is 3.97. The molecule has 2 aliphatic heterocycles. The van der Waals surface area contributed by atoms with Crippen LogP contribution in [0.2, 0.25) is 0 Å². The summed E-state index contributed by atoms with van der Waals surface area (Å²) in [6, 6.07) is 3.73. The number of aliphatic hydroxyl groups excluding tert-OH is 1. The second-order valence-corrected chi connectivity index (χ2v) is 10.5. The lowest BCUT2D eigenvalue weighted by Gasteiger charge is -2.32. The highest BCUT2D eigenvalue weighted by atomic mass is 79.9. The summed E-state index contributed by atoms with van der Waals surface area (Å²) in [6.45, 7) is 6.00. The average molecular weight is 582 g/mol. The molecule has 0 amide bonds. The van der Waals surface area contributed by atoms with E-state index in [4.69, 9.17) is 14.5 Å². The van der Waals surface area contributed by atoms with E-state index in [1.165, 1.54) is 23.5 Å². The molecule has 1 aromatic carbocycles. The fourth-order valence-corrected chi connectivity index (χ4v) is 5.95. The van der Waals surface area contributed by atoms with Gasteiger partial charge in [-0.1, -0.05) is 22.0 Å². The van der Waals surface area contributed by atoms with Crippen molar-refractivity contribution in [2.45, 2.75) is 32.6 Å². The van der Waals surface area contributed by atoms with Crippen molar-refractivity contribution in [2.75, 3.05) is 39.9 Å². The van der Waals surface area contributed by atoms with Gasteiger partial charge in [-0.05, 0) is 50.9 Å². The summed E-state index contributed by atoms with van der Waals surface area (Å²) in [5.41, 5.74) is 1.99. The molecule has 0 radical (unpaired) electrons. The van der Waals surface area contributed by atoms with E-state index >= 15 is 0 Å². The van der Waals surface area contributed by atoms with E-state index in [-0.39, 0.29) is 18.3 Å². The lowest BCUT2D eigenvalue weighted by Crippen LogP contribution is -2.37. The molecule has 1 N–H and O–H groups in total. The van der Waals surface area contributed by atoms with Crippen LogP contribution in [-0.4, -0.2) is 77.9 Å². The second-order valence-electron chi connectivity index (χ2n) is 8.75. The zero-order valence-electron chi connectivity index (χ0n) is 20.5. The number of aliphatic hydroxyl groups is 1. The van der Waals surface area contributed by atoms with Crippen molar-refractivity contribution in [3.63, 3.8) is 0 Å². The number of benzene rings is 1. The van der Waals surface area contributed by atoms with E-state index in [1.54, 1.807) is 19.2 Å². The minimum atomic E-state index is -0.856. The number of likely N-dealkylation sites (N-methyl/N-ethyl adjacent to an activating group) is 1. The molecule has 1 unspecified atom stereocenters. The van der Waals surface area contributed by atoms with Crippen molar-refractivity contribution < 1.29 is 23.8 Å². The molecule has 2 aliphatic rings. The number of ether oxygens (including phenoxy) is 2. The van der Waals surface area contributed by atoms with Crippen molar-refractivity contribution in [2.24, 2.45) is 10.9 Å². The van der Waals surface area contributed by atoms with E-state index < -0.39 is 18.3 Å². The van der Waals surface area contributed by atoms with Gasteiger partial charge in [0.2, 0.25) is 0 Å². The number of carbonyl (C=O) groups is 1. The fourth-order valence-electron chi connectivity index (χ4n) is 4.74. The third-order valence-electron chi connectivity index (χ3n) is 6.11. The summed E-state index contributed by atoms with van der Waals surface area (Å²) in [5, 5.41) is 12.7. The molecule has 194 valence electrons. The molecule has 1 aromatic heterocycles. The van der Waals surface area contributed by atoms with Crippen LogP contribution >= 0.6 is 27.3 Å². The van der Waals surface area contributed by atoms with E-state index in [9.17, 15) is 14.3 Å². The Kier molecular flexibility index (Phi) is 8.89. The zero-order chi connectivity index (χ0) is 25.8. The molecule has 1 saturated heterocycles. The van der Waals surface area contributed by atoms with Crippen molar-refractivity contribution in [1.82, 2.24) is 14.8 Å². The van der Waals surface area contributed by atoms with Gasteiger partial charge in [0.25, 0.3) is 0 Å². The lowest BCUT2D eigenvalue weighted by atomic mass is 9.93. The van der Waals surface area contributed by atoms with Crippen LogP contribution in [0.4, 0.5) is 4.39 Å². The molecule has 8 nitrogen and oxygen atoms in total. The minimum Gasteiger partial charge on any atom is -0.463 e. The number of hydrogen-bond donors (Lipinski definition) is 1. The van der Waals surface area contributed by atoms with Gasteiger partial charge in [-0.25, -0.2) is 14.2 Å². The first-order valence-electron chi connectivity index (χ1n) is 11.9. The first-order chi connectivity index (χ1) is 17.3. The number of thiazole rings is 1. The summed E-state index contributed by atoms with van der Waals surface area (Å²) >= 11 is 4.94. The van der Waals surface area contributed by atoms with Crippen LogP contribution in [0.15, 0.2) is 50.5 Å². The number of carbonyl (C=O) groups excluding carboxylic acids is 1. The van der Waals surface area contributed by atoms with Crippen LogP contribution < -0.4 is 0 Å². The maximum absolute atomic E-state index is 13.9. The predicted molar refractivity (Wildman–Crippen MR) is 139 cm³/mol. The number of halogens is 2. The number of hydrogen-bond acceptors (Lipinski definition) is 9. The molecule has 0 bridgehead atoms. The Balaban J connectivity index is 1.73. The van der Waals surface area contributed by atoms with Gasteiger partial charge in [0.15, 0.2) is 17.1 Å². The third-order valence-corrected chi connectivity index (χ3v) is 7.57. The first-order valence-corrected chi connectivity index (χ1v) is 13.6. The number of fused-ring (bicyclic) bond motifs is 1. The summed E-state index contributed by atoms with van der Waals surface area (Å²) in [7, 11) is 1.94. The topological polar surface area (TPSA) is 87.5 Å². The van der Waals surface area contributed by atoms with Crippen molar-refractivity contribution >= 4 is 39.1 Å². The number of amidine groups is 1. The largest absolute Gasteiger partial charge is 0.463 e. The van der Waals surface area contributed by atoms with Gasteiger partial charge in [0, 0.05) is 48.0 Å². The van der Waals surface area contributed by atoms with Gasteiger partial charge in [0.1, 0.15) is 11.9 Å². The highest BCUT2D eigenvalue weighted by Crippen LogP contribution is 2.44. The molecular weight excluding hydrogens is 551 g/mol. The van der Waals surface area contributed by atoms with E-state index in [2.05, 4.69) is 25.8 Å². The van der Waals surface area contributed by atoms with Crippen LogP contribution in [0.25, 0.3) is 0 Å². The summed E-state index contributed by atoms with van der Waals surface area (Å²) < 4.78 is 25.2. The first kappa shape index (κ1) is 26.9. The van der Waals surface area contributed by atoms with Crippen LogP contribution in [-0.2, 0) is 14.3 Å². The second kappa shape index (κ2) is 11.9. The lowest BCUT2D eigenvalue weighted by molar-refractivity contribution is -0.139. The molecule has 11 heteroatoms. The Morgan fingerprint density at radius 1 is 1.39 bits per heavy atom. The third kappa shape index (κ3) is 5.86. The minimum absolute atomic E-state index is 0.170. The average Bonchev–Trinajstić information content (AvgIpc) is 3.48. The standard InChI is InChI=1S/C25H30BrFN4O4S/c1-4-34-20(32)14-30(3)12-15-10-19-21(25(33)35-5-2)22(17-7-6-16(27)11-18(17)26)29-23(31(19)13-15)24-28-8-9-36-24/h6-9,11,15,20,22,32H,4-5,10,12-14H2,1-3H3/t15-,20?,22-/m0/s1. The molecule has 2 aromatic rings. The molecule has 0 spiro atoms. The van der Waals surface area contributed by atoms with Crippen LogP contribution in [0, 0.1) is 11.7 Å². The molecule has 0 aliphatic carbocycles. The van der Waals surface area contributed by atoms with Crippen LogP contribution in [0.5, 0.6) is 0 Å². The maximum atomic E-state index is 13.9. The maximum Gasteiger partial charge on any atom is 0.338 e.